The molecule has 0 spiro atoms. The zero-order chi connectivity index (χ0) is 19.8. The molecule has 0 aliphatic rings. The first-order valence-electron chi connectivity index (χ1n) is 9.10. The second kappa shape index (κ2) is 9.92. The Morgan fingerprint density at radius 2 is 1.81 bits per heavy atom. The predicted molar refractivity (Wildman–Crippen MR) is 110 cm³/mol. The van der Waals surface area contributed by atoms with E-state index in [0.29, 0.717) is 23.4 Å². The number of nitrogens with zero attached hydrogens (tertiary/aromatic N) is 2. The third-order valence-corrected chi connectivity index (χ3v) is 4.42. The summed E-state index contributed by atoms with van der Waals surface area (Å²) in [5, 5.41) is 5.84. The molecule has 0 atom stereocenters. The molecule has 1 heterocycles. The Kier molecular flexibility index (Phi) is 7.61. The summed E-state index contributed by atoms with van der Waals surface area (Å²) in [5.41, 5.74) is 1.35. The minimum absolute atomic E-state index is 0.226. The fourth-order valence-electron chi connectivity index (χ4n) is 2.57. The van der Waals surface area contributed by atoms with Crippen LogP contribution in [0.1, 0.15) is 47.9 Å². The molecule has 0 saturated heterocycles. The molecule has 1 aromatic heterocycles. The van der Waals surface area contributed by atoms with Gasteiger partial charge in [0.15, 0.2) is 0 Å². The van der Waals surface area contributed by atoms with Crippen LogP contribution in [0, 0.1) is 0 Å². The van der Waals surface area contributed by atoms with Gasteiger partial charge in [0.1, 0.15) is 5.82 Å². The molecule has 2 amide bonds. The fraction of sp³-hybridized carbons (Fsp3) is 0.350. The molecule has 0 fully saturated rings. The van der Waals surface area contributed by atoms with Crippen LogP contribution in [0.25, 0.3) is 0 Å². The Balaban J connectivity index is 2.07. The van der Waals surface area contributed by atoms with Crippen LogP contribution in [-0.4, -0.2) is 36.4 Å². The van der Waals surface area contributed by atoms with Gasteiger partial charge in [-0.05, 0) is 50.6 Å². The molecule has 7 heteroatoms. The average Bonchev–Trinajstić information content (AvgIpc) is 2.67. The van der Waals surface area contributed by atoms with Crippen molar-refractivity contribution in [1.29, 1.82) is 0 Å². The SMILES string of the molecule is CCCNC(=O)c1ccc(NC(=O)c2ccc(N(CC)CC)nc2)cc1Cl. The summed E-state index contributed by atoms with van der Waals surface area (Å²) in [7, 11) is 0. The van der Waals surface area contributed by atoms with Gasteiger partial charge in [0.25, 0.3) is 11.8 Å². The number of nitrogens with one attached hydrogen (secondary N) is 2. The minimum atomic E-state index is -0.284. The van der Waals surface area contributed by atoms with Gasteiger partial charge in [0.2, 0.25) is 0 Å². The van der Waals surface area contributed by atoms with Crippen molar-refractivity contribution in [2.75, 3.05) is 29.9 Å². The Labute approximate surface area is 164 Å². The van der Waals surface area contributed by atoms with E-state index < -0.39 is 0 Å². The lowest BCUT2D eigenvalue weighted by atomic mass is 10.1. The van der Waals surface area contributed by atoms with Crippen molar-refractivity contribution in [3.8, 4) is 0 Å². The largest absolute Gasteiger partial charge is 0.357 e. The lowest BCUT2D eigenvalue weighted by Gasteiger charge is -2.19. The molecule has 1 aromatic carbocycles. The highest BCUT2D eigenvalue weighted by Gasteiger charge is 2.13. The Morgan fingerprint density at radius 1 is 1.07 bits per heavy atom. The highest BCUT2D eigenvalue weighted by molar-refractivity contribution is 6.34. The molecule has 2 N–H and O–H groups in total. The summed E-state index contributed by atoms with van der Waals surface area (Å²) in [5.74, 6) is 0.325. The van der Waals surface area contributed by atoms with Crippen LogP contribution in [0.4, 0.5) is 11.5 Å². The number of aromatic nitrogens is 1. The number of anilines is 2. The first-order valence-corrected chi connectivity index (χ1v) is 9.48. The molecule has 27 heavy (non-hydrogen) atoms. The van der Waals surface area contributed by atoms with Gasteiger partial charge >= 0.3 is 0 Å². The number of carbonyl (C=O) groups is 2. The summed E-state index contributed by atoms with van der Waals surface area (Å²) < 4.78 is 0. The van der Waals surface area contributed by atoms with E-state index >= 15 is 0 Å². The van der Waals surface area contributed by atoms with Crippen LogP contribution in [0.3, 0.4) is 0 Å². The van der Waals surface area contributed by atoms with Crippen molar-refractivity contribution >= 4 is 34.9 Å². The molecular formula is C20H25ClN4O2. The average molecular weight is 389 g/mol. The maximum atomic E-state index is 12.4. The quantitative estimate of drug-likeness (QED) is 0.717. The number of amides is 2. The lowest BCUT2D eigenvalue weighted by molar-refractivity contribution is 0.0953. The minimum Gasteiger partial charge on any atom is -0.357 e. The van der Waals surface area contributed by atoms with Gasteiger partial charge in [-0.3, -0.25) is 9.59 Å². The number of benzene rings is 1. The van der Waals surface area contributed by atoms with E-state index in [1.807, 2.05) is 13.0 Å². The van der Waals surface area contributed by atoms with Crippen LogP contribution in [-0.2, 0) is 0 Å². The second-order valence-corrected chi connectivity index (χ2v) is 6.39. The highest BCUT2D eigenvalue weighted by Crippen LogP contribution is 2.22. The number of carbonyl (C=O) groups excluding carboxylic acids is 2. The van der Waals surface area contributed by atoms with Crippen LogP contribution in [0.2, 0.25) is 5.02 Å². The molecule has 2 rings (SSSR count). The molecule has 0 aliphatic carbocycles. The molecular weight excluding hydrogens is 364 g/mol. The summed E-state index contributed by atoms with van der Waals surface area (Å²) in [4.78, 5) is 30.9. The summed E-state index contributed by atoms with van der Waals surface area (Å²) in [6.45, 7) is 8.38. The monoisotopic (exact) mass is 388 g/mol. The van der Waals surface area contributed by atoms with Crippen molar-refractivity contribution < 1.29 is 9.59 Å². The standard InChI is InChI=1S/C20H25ClN4O2/c1-4-11-22-20(27)16-9-8-15(12-17(16)21)24-19(26)14-7-10-18(23-13-14)25(5-2)6-3/h7-10,12-13H,4-6,11H2,1-3H3,(H,22,27)(H,24,26). The van der Waals surface area contributed by atoms with Gasteiger partial charge in [-0.2, -0.15) is 0 Å². The summed E-state index contributed by atoms with van der Waals surface area (Å²) in [6, 6.07) is 8.39. The van der Waals surface area contributed by atoms with Gasteiger partial charge in [-0.1, -0.05) is 18.5 Å². The van der Waals surface area contributed by atoms with Crippen LogP contribution >= 0.6 is 11.6 Å². The summed E-state index contributed by atoms with van der Waals surface area (Å²) >= 11 is 6.19. The molecule has 0 aliphatic heterocycles. The molecule has 144 valence electrons. The van der Waals surface area contributed by atoms with Gasteiger partial charge in [-0.15, -0.1) is 0 Å². The number of halogens is 1. The van der Waals surface area contributed by atoms with E-state index in [1.165, 1.54) is 0 Å². The fourth-order valence-corrected chi connectivity index (χ4v) is 2.84. The van der Waals surface area contributed by atoms with Gasteiger partial charge in [0.05, 0.1) is 16.1 Å². The third kappa shape index (κ3) is 5.44. The normalized spacial score (nSPS) is 10.4. The summed E-state index contributed by atoms with van der Waals surface area (Å²) in [6.07, 6.45) is 2.40. The second-order valence-electron chi connectivity index (χ2n) is 5.98. The van der Waals surface area contributed by atoms with E-state index in [0.717, 1.165) is 25.3 Å². The van der Waals surface area contributed by atoms with E-state index in [9.17, 15) is 9.59 Å². The first-order chi connectivity index (χ1) is 13.0. The maximum absolute atomic E-state index is 12.4. The number of hydrogen-bond donors (Lipinski definition) is 2. The van der Waals surface area contributed by atoms with Gasteiger partial charge in [-0.25, -0.2) is 4.98 Å². The molecule has 0 radical (unpaired) electrons. The van der Waals surface area contributed by atoms with E-state index in [-0.39, 0.29) is 16.8 Å². The number of pyridine rings is 1. The molecule has 0 saturated carbocycles. The first kappa shape index (κ1) is 20.7. The molecule has 0 bridgehead atoms. The van der Waals surface area contributed by atoms with Crippen molar-refractivity contribution in [3.63, 3.8) is 0 Å². The van der Waals surface area contributed by atoms with Crippen molar-refractivity contribution in [1.82, 2.24) is 10.3 Å². The van der Waals surface area contributed by atoms with Crippen molar-refractivity contribution in [2.24, 2.45) is 0 Å². The topological polar surface area (TPSA) is 74.3 Å². The molecule has 6 nitrogen and oxygen atoms in total. The van der Waals surface area contributed by atoms with E-state index in [1.54, 1.807) is 30.5 Å². The van der Waals surface area contributed by atoms with E-state index in [2.05, 4.69) is 34.4 Å². The Bertz CT molecular complexity index is 789. The molecule has 0 unspecified atom stereocenters. The van der Waals surface area contributed by atoms with Crippen molar-refractivity contribution in [2.45, 2.75) is 27.2 Å². The van der Waals surface area contributed by atoms with Gasteiger partial charge in [0, 0.05) is 31.5 Å². The lowest BCUT2D eigenvalue weighted by Crippen LogP contribution is -2.24. The van der Waals surface area contributed by atoms with Crippen LogP contribution < -0.4 is 15.5 Å². The Hall–Kier alpha value is -2.60. The zero-order valence-corrected chi connectivity index (χ0v) is 16.6. The van der Waals surface area contributed by atoms with Crippen molar-refractivity contribution in [3.05, 3.63) is 52.7 Å². The molecule has 2 aromatic rings. The van der Waals surface area contributed by atoms with Crippen LogP contribution in [0.5, 0.6) is 0 Å². The smallest absolute Gasteiger partial charge is 0.257 e. The zero-order valence-electron chi connectivity index (χ0n) is 15.9. The van der Waals surface area contributed by atoms with Crippen LogP contribution in [0.15, 0.2) is 36.5 Å². The number of hydrogen-bond acceptors (Lipinski definition) is 4. The van der Waals surface area contributed by atoms with Gasteiger partial charge < -0.3 is 15.5 Å². The highest BCUT2D eigenvalue weighted by atomic mass is 35.5. The predicted octanol–water partition coefficient (Wildman–Crippen LogP) is 3.97. The number of rotatable bonds is 8. The Morgan fingerprint density at radius 3 is 2.37 bits per heavy atom. The maximum Gasteiger partial charge on any atom is 0.257 e. The third-order valence-electron chi connectivity index (χ3n) is 4.10. The van der Waals surface area contributed by atoms with E-state index in [4.69, 9.17) is 11.6 Å².